The number of methoxy groups -OCH3 is 3. The van der Waals surface area contributed by atoms with Crippen molar-refractivity contribution in [1.82, 2.24) is 0 Å². The molecular weight excluding hydrogens is 481 g/mol. The van der Waals surface area contributed by atoms with E-state index in [1.807, 2.05) is 6.92 Å². The van der Waals surface area contributed by atoms with Crippen molar-refractivity contribution in [3.8, 4) is 17.2 Å². The molecular formula is C28H28FNO7. The lowest BCUT2D eigenvalue weighted by molar-refractivity contribution is -0.147. The van der Waals surface area contributed by atoms with E-state index in [1.54, 1.807) is 36.4 Å². The summed E-state index contributed by atoms with van der Waals surface area (Å²) in [4.78, 5) is 26.9. The summed E-state index contributed by atoms with van der Waals surface area (Å²) in [6, 6.07) is 14.6. The SMILES string of the molecule is COc1ccc(CN2C(=O)[C@H](CC(=O)O)O[C@@H](c3cccc(OC)c3C)c3cc(F)ccc32)c(OC)c1. The number of amides is 1. The first-order valence-corrected chi connectivity index (χ1v) is 11.6. The standard InChI is InChI=1S/C28H28FNO7/c1-16-20(6-5-7-23(16)35-3)27-21-12-18(29)9-11-22(21)30(28(33)25(37-27)14-26(31)32)15-17-8-10-19(34-2)13-24(17)36-4/h5-13,25,27H,14-15H2,1-4H3,(H,31,32)/t25-,27-/m0/s1. The zero-order valence-corrected chi connectivity index (χ0v) is 21.0. The smallest absolute Gasteiger partial charge is 0.306 e. The van der Waals surface area contributed by atoms with Crippen molar-refractivity contribution in [3.63, 3.8) is 0 Å². The molecule has 0 spiro atoms. The van der Waals surface area contributed by atoms with Gasteiger partial charge in [-0.2, -0.15) is 0 Å². The van der Waals surface area contributed by atoms with Gasteiger partial charge in [0.1, 0.15) is 35.3 Å². The first-order valence-electron chi connectivity index (χ1n) is 11.6. The van der Waals surface area contributed by atoms with Gasteiger partial charge < -0.3 is 29.0 Å². The van der Waals surface area contributed by atoms with Crippen molar-refractivity contribution in [2.24, 2.45) is 0 Å². The summed E-state index contributed by atoms with van der Waals surface area (Å²) >= 11 is 0. The Morgan fingerprint density at radius 3 is 2.43 bits per heavy atom. The summed E-state index contributed by atoms with van der Waals surface area (Å²) in [5.41, 5.74) is 2.82. The molecule has 9 heteroatoms. The van der Waals surface area contributed by atoms with E-state index in [0.29, 0.717) is 39.6 Å². The highest BCUT2D eigenvalue weighted by Crippen LogP contribution is 2.42. The van der Waals surface area contributed by atoms with Crippen LogP contribution in [0.25, 0.3) is 0 Å². The topological polar surface area (TPSA) is 94.5 Å². The zero-order chi connectivity index (χ0) is 26.7. The van der Waals surface area contributed by atoms with Crippen LogP contribution in [-0.2, 0) is 20.9 Å². The Labute approximate surface area is 214 Å². The number of benzene rings is 3. The van der Waals surface area contributed by atoms with E-state index < -0.39 is 36.3 Å². The Bertz CT molecular complexity index is 1330. The maximum atomic E-state index is 14.6. The van der Waals surface area contributed by atoms with Crippen LogP contribution in [0.2, 0.25) is 0 Å². The van der Waals surface area contributed by atoms with Gasteiger partial charge in [-0.05, 0) is 54.4 Å². The second-order valence-corrected chi connectivity index (χ2v) is 8.58. The number of carbonyl (C=O) groups excluding carboxylic acids is 1. The molecule has 3 aromatic carbocycles. The molecule has 4 rings (SSSR count). The number of carboxylic acid groups (broad SMARTS) is 1. The molecule has 1 amide bonds. The lowest BCUT2D eigenvalue weighted by Gasteiger charge is -2.25. The minimum absolute atomic E-state index is 0.0356. The average Bonchev–Trinajstić information content (AvgIpc) is 2.99. The van der Waals surface area contributed by atoms with Crippen LogP contribution in [0.15, 0.2) is 54.6 Å². The quantitative estimate of drug-likeness (QED) is 0.472. The van der Waals surface area contributed by atoms with E-state index in [0.717, 1.165) is 5.56 Å². The van der Waals surface area contributed by atoms with Crippen molar-refractivity contribution < 1.29 is 38.0 Å². The van der Waals surface area contributed by atoms with Gasteiger partial charge in [0.05, 0.1) is 40.0 Å². The molecule has 0 aromatic heterocycles. The van der Waals surface area contributed by atoms with Crippen LogP contribution in [-0.4, -0.2) is 44.4 Å². The number of fused-ring (bicyclic) bond motifs is 1. The fraction of sp³-hybridized carbons (Fsp3) is 0.286. The highest BCUT2D eigenvalue weighted by molar-refractivity contribution is 5.99. The third-order valence-corrected chi connectivity index (χ3v) is 6.42. The fourth-order valence-corrected chi connectivity index (χ4v) is 4.56. The van der Waals surface area contributed by atoms with Crippen LogP contribution in [0.3, 0.4) is 0 Å². The van der Waals surface area contributed by atoms with Crippen LogP contribution < -0.4 is 19.1 Å². The summed E-state index contributed by atoms with van der Waals surface area (Å²) in [5, 5.41) is 9.58. The van der Waals surface area contributed by atoms with Crippen molar-refractivity contribution in [1.29, 1.82) is 0 Å². The summed E-state index contributed by atoms with van der Waals surface area (Å²) < 4.78 is 37.0. The summed E-state index contributed by atoms with van der Waals surface area (Å²) in [6.07, 6.45) is -2.81. The summed E-state index contributed by atoms with van der Waals surface area (Å²) in [7, 11) is 4.57. The average molecular weight is 510 g/mol. The van der Waals surface area contributed by atoms with Crippen LogP contribution in [0, 0.1) is 12.7 Å². The number of carbonyl (C=O) groups is 2. The molecule has 0 bridgehead atoms. The van der Waals surface area contributed by atoms with Gasteiger partial charge in [-0.25, -0.2) is 4.39 Å². The first-order chi connectivity index (χ1) is 17.8. The molecule has 0 saturated carbocycles. The molecule has 3 aromatic rings. The molecule has 1 N–H and O–H groups in total. The first kappa shape index (κ1) is 26.0. The predicted octanol–water partition coefficient (Wildman–Crippen LogP) is 4.66. The van der Waals surface area contributed by atoms with E-state index in [-0.39, 0.29) is 6.54 Å². The molecule has 2 atom stereocenters. The van der Waals surface area contributed by atoms with Gasteiger partial charge in [-0.1, -0.05) is 12.1 Å². The van der Waals surface area contributed by atoms with Gasteiger partial charge >= 0.3 is 5.97 Å². The summed E-state index contributed by atoms with van der Waals surface area (Å²) in [5.74, 6) is -0.625. The number of aliphatic carboxylic acids is 1. The number of anilines is 1. The number of rotatable bonds is 8. The van der Waals surface area contributed by atoms with Crippen molar-refractivity contribution in [2.45, 2.75) is 32.1 Å². The normalized spacial score (nSPS) is 17.1. The van der Waals surface area contributed by atoms with Gasteiger partial charge in [0, 0.05) is 17.2 Å². The second kappa shape index (κ2) is 10.9. The third kappa shape index (κ3) is 5.22. The molecule has 1 heterocycles. The molecule has 0 unspecified atom stereocenters. The summed E-state index contributed by atoms with van der Waals surface area (Å²) in [6.45, 7) is 1.86. The number of hydrogen-bond donors (Lipinski definition) is 1. The van der Waals surface area contributed by atoms with E-state index in [9.17, 15) is 19.1 Å². The molecule has 8 nitrogen and oxygen atoms in total. The monoisotopic (exact) mass is 509 g/mol. The maximum absolute atomic E-state index is 14.6. The maximum Gasteiger partial charge on any atom is 0.306 e. The molecule has 37 heavy (non-hydrogen) atoms. The largest absolute Gasteiger partial charge is 0.497 e. The van der Waals surface area contributed by atoms with Gasteiger partial charge in [0.25, 0.3) is 5.91 Å². The van der Waals surface area contributed by atoms with Crippen LogP contribution in [0.4, 0.5) is 10.1 Å². The zero-order valence-electron chi connectivity index (χ0n) is 21.0. The Hall–Kier alpha value is -4.11. The molecule has 0 fully saturated rings. The van der Waals surface area contributed by atoms with Crippen LogP contribution in [0.5, 0.6) is 17.2 Å². The molecule has 1 aliphatic heterocycles. The minimum Gasteiger partial charge on any atom is -0.497 e. The lowest BCUT2D eigenvalue weighted by atomic mass is 9.95. The number of hydrogen-bond acceptors (Lipinski definition) is 6. The van der Waals surface area contributed by atoms with E-state index in [2.05, 4.69) is 0 Å². The van der Waals surface area contributed by atoms with Gasteiger partial charge in [-0.15, -0.1) is 0 Å². The number of ether oxygens (including phenoxy) is 4. The minimum atomic E-state index is -1.33. The van der Waals surface area contributed by atoms with E-state index in [1.165, 1.54) is 44.4 Å². The van der Waals surface area contributed by atoms with Crippen molar-refractivity contribution in [2.75, 3.05) is 26.2 Å². The molecule has 194 valence electrons. The lowest BCUT2D eigenvalue weighted by Crippen LogP contribution is -2.40. The van der Waals surface area contributed by atoms with E-state index >= 15 is 0 Å². The fourth-order valence-electron chi connectivity index (χ4n) is 4.56. The van der Waals surface area contributed by atoms with Crippen molar-refractivity contribution >= 4 is 17.6 Å². The number of carboxylic acids is 1. The van der Waals surface area contributed by atoms with Crippen LogP contribution in [0.1, 0.15) is 34.8 Å². The Morgan fingerprint density at radius 1 is 1.00 bits per heavy atom. The Balaban J connectivity index is 1.90. The van der Waals surface area contributed by atoms with Gasteiger partial charge in [0.15, 0.2) is 0 Å². The molecule has 0 saturated heterocycles. The van der Waals surface area contributed by atoms with Gasteiger partial charge in [0.2, 0.25) is 0 Å². The van der Waals surface area contributed by atoms with E-state index in [4.69, 9.17) is 18.9 Å². The van der Waals surface area contributed by atoms with Gasteiger partial charge in [-0.3, -0.25) is 9.59 Å². The van der Waals surface area contributed by atoms with Crippen LogP contribution >= 0.6 is 0 Å². The number of halogens is 1. The number of nitrogens with zero attached hydrogens (tertiary/aromatic N) is 1. The highest BCUT2D eigenvalue weighted by Gasteiger charge is 2.39. The predicted molar refractivity (Wildman–Crippen MR) is 134 cm³/mol. The van der Waals surface area contributed by atoms with Crippen molar-refractivity contribution in [3.05, 3.63) is 82.7 Å². The molecule has 1 aliphatic rings. The Kier molecular flexibility index (Phi) is 7.63. The molecule has 0 aliphatic carbocycles. The highest BCUT2D eigenvalue weighted by atomic mass is 19.1. The second-order valence-electron chi connectivity index (χ2n) is 8.58. The Morgan fingerprint density at radius 2 is 1.76 bits per heavy atom. The third-order valence-electron chi connectivity index (χ3n) is 6.42. The molecule has 0 radical (unpaired) electrons.